The number of esters is 1. The SMILES string of the molecule is Cc1nn(-c2ccc(Cl)cc2)c2sc(C(=O)OCCNC(=O)c3cccc(S(=O)(=O)N4CCOCC4)c3)cc12. The van der Waals surface area contributed by atoms with Gasteiger partial charge in [-0.2, -0.15) is 9.40 Å². The molecule has 3 heterocycles. The summed E-state index contributed by atoms with van der Waals surface area (Å²) in [6.07, 6.45) is 0. The summed E-state index contributed by atoms with van der Waals surface area (Å²) in [5.41, 5.74) is 1.80. The van der Waals surface area contributed by atoms with E-state index in [-0.39, 0.29) is 36.7 Å². The van der Waals surface area contributed by atoms with E-state index in [4.69, 9.17) is 21.1 Å². The largest absolute Gasteiger partial charge is 0.460 e. The van der Waals surface area contributed by atoms with E-state index in [2.05, 4.69) is 10.4 Å². The molecule has 1 aliphatic rings. The molecule has 5 rings (SSSR count). The third kappa shape index (κ3) is 5.85. The number of sulfonamides is 1. The van der Waals surface area contributed by atoms with Gasteiger partial charge in [0.1, 0.15) is 16.3 Å². The molecule has 0 radical (unpaired) electrons. The summed E-state index contributed by atoms with van der Waals surface area (Å²) in [4.78, 5) is 26.6. The van der Waals surface area contributed by atoms with Crippen LogP contribution in [0.25, 0.3) is 15.9 Å². The first-order valence-corrected chi connectivity index (χ1v) is 14.8. The van der Waals surface area contributed by atoms with Gasteiger partial charge >= 0.3 is 5.97 Å². The predicted molar refractivity (Wildman–Crippen MR) is 147 cm³/mol. The lowest BCUT2D eigenvalue weighted by Crippen LogP contribution is -2.40. The van der Waals surface area contributed by atoms with Gasteiger partial charge < -0.3 is 14.8 Å². The number of carbonyl (C=O) groups excluding carboxylic acids is 2. The molecular weight excluding hydrogens is 564 g/mol. The topological polar surface area (TPSA) is 120 Å². The van der Waals surface area contributed by atoms with Gasteiger partial charge in [0.05, 0.1) is 36.0 Å². The summed E-state index contributed by atoms with van der Waals surface area (Å²) >= 11 is 7.26. The number of nitrogens with one attached hydrogen (secondary N) is 1. The van der Waals surface area contributed by atoms with Crippen molar-refractivity contribution in [2.45, 2.75) is 11.8 Å². The molecule has 204 valence electrons. The maximum atomic E-state index is 12.9. The lowest BCUT2D eigenvalue weighted by molar-refractivity contribution is 0.0509. The second-order valence-electron chi connectivity index (χ2n) is 8.74. The molecule has 0 spiro atoms. The highest BCUT2D eigenvalue weighted by molar-refractivity contribution is 7.89. The molecule has 0 unspecified atom stereocenters. The normalized spacial score (nSPS) is 14.4. The van der Waals surface area contributed by atoms with E-state index in [0.717, 1.165) is 21.6 Å². The van der Waals surface area contributed by atoms with Crippen LogP contribution in [0.15, 0.2) is 59.5 Å². The number of hydrogen-bond donors (Lipinski definition) is 1. The zero-order valence-corrected chi connectivity index (χ0v) is 23.3. The molecule has 0 saturated carbocycles. The molecule has 1 amide bonds. The van der Waals surface area contributed by atoms with Gasteiger partial charge in [-0.15, -0.1) is 11.3 Å². The zero-order valence-electron chi connectivity index (χ0n) is 20.9. The molecule has 0 atom stereocenters. The number of ether oxygens (including phenoxy) is 2. The Hall–Kier alpha value is -3.29. The molecular formula is C26H25ClN4O6S2. The Morgan fingerprint density at radius 1 is 1.13 bits per heavy atom. The van der Waals surface area contributed by atoms with Gasteiger partial charge in [-0.3, -0.25) is 4.79 Å². The minimum Gasteiger partial charge on any atom is -0.460 e. The minimum atomic E-state index is -3.72. The summed E-state index contributed by atoms with van der Waals surface area (Å²) in [7, 11) is -3.72. The molecule has 1 N–H and O–H groups in total. The second-order valence-corrected chi connectivity index (χ2v) is 12.1. The average Bonchev–Trinajstić information content (AvgIpc) is 3.52. The van der Waals surface area contributed by atoms with Gasteiger partial charge in [-0.1, -0.05) is 17.7 Å². The van der Waals surface area contributed by atoms with E-state index in [1.54, 1.807) is 22.9 Å². The van der Waals surface area contributed by atoms with Crippen molar-refractivity contribution in [1.82, 2.24) is 19.4 Å². The highest BCUT2D eigenvalue weighted by atomic mass is 35.5. The number of rotatable bonds is 8. The highest BCUT2D eigenvalue weighted by Crippen LogP contribution is 2.31. The summed E-state index contributed by atoms with van der Waals surface area (Å²) in [5, 5.41) is 8.69. The van der Waals surface area contributed by atoms with Crippen LogP contribution in [-0.4, -0.2) is 73.8 Å². The Morgan fingerprint density at radius 2 is 1.87 bits per heavy atom. The average molecular weight is 589 g/mol. The summed E-state index contributed by atoms with van der Waals surface area (Å²) in [6, 6.07) is 14.9. The first-order chi connectivity index (χ1) is 18.7. The quantitative estimate of drug-likeness (QED) is 0.246. The number of fused-ring (bicyclic) bond motifs is 1. The third-order valence-corrected chi connectivity index (χ3v) is 9.38. The fourth-order valence-corrected chi connectivity index (χ4v) is 6.78. The number of carbonyl (C=O) groups is 2. The molecule has 1 aliphatic heterocycles. The van der Waals surface area contributed by atoms with Crippen LogP contribution in [-0.2, 0) is 19.5 Å². The number of nitrogens with zero attached hydrogens (tertiary/aromatic N) is 3. The first-order valence-electron chi connectivity index (χ1n) is 12.1. The Balaban J connectivity index is 1.18. The molecule has 39 heavy (non-hydrogen) atoms. The Bertz CT molecular complexity index is 1630. The Morgan fingerprint density at radius 3 is 2.62 bits per heavy atom. The van der Waals surface area contributed by atoms with Gasteiger partial charge in [0.25, 0.3) is 5.91 Å². The van der Waals surface area contributed by atoms with Crippen LogP contribution < -0.4 is 5.32 Å². The van der Waals surface area contributed by atoms with Gasteiger partial charge in [-0.05, 0) is 55.5 Å². The third-order valence-electron chi connectivity index (χ3n) is 6.14. The molecule has 2 aromatic carbocycles. The monoisotopic (exact) mass is 588 g/mol. The van der Waals surface area contributed by atoms with E-state index in [0.29, 0.717) is 23.1 Å². The Labute approximate surface area is 234 Å². The summed E-state index contributed by atoms with van der Waals surface area (Å²) < 4.78 is 39.5. The zero-order chi connectivity index (χ0) is 27.6. The van der Waals surface area contributed by atoms with Crippen LogP contribution in [0.5, 0.6) is 0 Å². The fourth-order valence-electron chi connectivity index (χ4n) is 4.12. The Kier molecular flexibility index (Phi) is 8.01. The van der Waals surface area contributed by atoms with Crippen molar-refractivity contribution in [3.05, 3.63) is 75.8 Å². The molecule has 4 aromatic rings. The predicted octanol–water partition coefficient (Wildman–Crippen LogP) is 3.66. The van der Waals surface area contributed by atoms with Crippen LogP contribution in [0, 0.1) is 6.92 Å². The van der Waals surface area contributed by atoms with Crippen LogP contribution in [0.4, 0.5) is 0 Å². The maximum absolute atomic E-state index is 12.9. The van der Waals surface area contributed by atoms with Crippen molar-refractivity contribution in [1.29, 1.82) is 0 Å². The minimum absolute atomic E-state index is 0.0423. The summed E-state index contributed by atoms with van der Waals surface area (Å²) in [5.74, 6) is -0.975. The second kappa shape index (κ2) is 11.4. The van der Waals surface area contributed by atoms with Crippen molar-refractivity contribution in [3.8, 4) is 5.69 Å². The van der Waals surface area contributed by atoms with E-state index in [9.17, 15) is 18.0 Å². The molecule has 10 nitrogen and oxygen atoms in total. The standard InChI is InChI=1S/C26H25ClN4O6S2/c1-17-22-16-23(38-25(22)31(29-17)20-7-5-19(27)6-8-20)26(33)37-12-9-28-24(32)18-3-2-4-21(15-18)39(34,35)30-10-13-36-14-11-30/h2-8,15-16H,9-14H2,1H3,(H,28,32). The lowest BCUT2D eigenvalue weighted by atomic mass is 10.2. The fraction of sp³-hybridized carbons (Fsp3) is 0.269. The van der Waals surface area contributed by atoms with Crippen LogP contribution >= 0.6 is 22.9 Å². The number of aryl methyl sites for hydroxylation is 1. The molecule has 0 aliphatic carbocycles. The number of halogens is 1. The van der Waals surface area contributed by atoms with Crippen molar-refractivity contribution < 1.29 is 27.5 Å². The maximum Gasteiger partial charge on any atom is 0.348 e. The molecule has 1 fully saturated rings. The van der Waals surface area contributed by atoms with E-state index in [1.807, 2.05) is 19.1 Å². The number of thiophene rings is 1. The van der Waals surface area contributed by atoms with Crippen molar-refractivity contribution in [2.24, 2.45) is 0 Å². The van der Waals surface area contributed by atoms with E-state index < -0.39 is 21.9 Å². The van der Waals surface area contributed by atoms with Crippen molar-refractivity contribution >= 4 is 55.1 Å². The van der Waals surface area contributed by atoms with E-state index >= 15 is 0 Å². The van der Waals surface area contributed by atoms with Crippen molar-refractivity contribution in [2.75, 3.05) is 39.5 Å². The molecule has 2 aromatic heterocycles. The van der Waals surface area contributed by atoms with Crippen molar-refractivity contribution in [3.63, 3.8) is 0 Å². The van der Waals surface area contributed by atoms with Gasteiger partial charge in [-0.25, -0.2) is 17.9 Å². The van der Waals surface area contributed by atoms with Crippen LogP contribution in [0.1, 0.15) is 25.7 Å². The van der Waals surface area contributed by atoms with Gasteiger partial charge in [0, 0.05) is 29.1 Å². The number of morpholine rings is 1. The lowest BCUT2D eigenvalue weighted by Gasteiger charge is -2.26. The molecule has 0 bridgehead atoms. The highest BCUT2D eigenvalue weighted by Gasteiger charge is 2.27. The first kappa shape index (κ1) is 27.3. The number of hydrogen-bond acceptors (Lipinski definition) is 8. The number of aromatic nitrogens is 2. The number of amides is 1. The van der Waals surface area contributed by atoms with Crippen LogP contribution in [0.2, 0.25) is 5.02 Å². The smallest absolute Gasteiger partial charge is 0.348 e. The number of benzene rings is 2. The van der Waals surface area contributed by atoms with Gasteiger partial charge in [0.2, 0.25) is 10.0 Å². The van der Waals surface area contributed by atoms with E-state index in [1.165, 1.54) is 39.9 Å². The van der Waals surface area contributed by atoms with Gasteiger partial charge in [0.15, 0.2) is 0 Å². The molecule has 13 heteroatoms. The van der Waals surface area contributed by atoms with Crippen LogP contribution in [0.3, 0.4) is 0 Å². The molecule has 1 saturated heterocycles. The summed E-state index contributed by atoms with van der Waals surface area (Å²) in [6.45, 7) is 3.08.